The molecule has 1 aliphatic heterocycles. The third-order valence-corrected chi connectivity index (χ3v) is 4.48. The number of ether oxygens (including phenoxy) is 1. The minimum Gasteiger partial charge on any atom is -0.383 e. The molecule has 0 saturated carbocycles. The number of amides is 2. The smallest absolute Gasteiger partial charge is 0.293 e. The topological polar surface area (TPSA) is 89.8 Å². The molecular formula is C13H10Cl2N2O5S. The first kappa shape index (κ1) is 17.7. The van der Waals surface area contributed by atoms with E-state index in [4.69, 9.17) is 27.9 Å². The number of nitrogens with zero attached hydrogens (tertiary/aromatic N) is 2. The lowest BCUT2D eigenvalue weighted by atomic mass is 10.2. The van der Waals surface area contributed by atoms with E-state index in [0.29, 0.717) is 0 Å². The van der Waals surface area contributed by atoms with Crippen LogP contribution in [0.5, 0.6) is 0 Å². The van der Waals surface area contributed by atoms with Crippen LogP contribution in [-0.2, 0) is 9.53 Å². The van der Waals surface area contributed by atoms with E-state index in [1.807, 2.05) is 0 Å². The van der Waals surface area contributed by atoms with Gasteiger partial charge in [0.1, 0.15) is 5.02 Å². The Morgan fingerprint density at radius 1 is 1.35 bits per heavy atom. The van der Waals surface area contributed by atoms with Crippen molar-refractivity contribution in [1.82, 2.24) is 4.90 Å². The molecule has 0 aromatic heterocycles. The average molecular weight is 377 g/mol. The van der Waals surface area contributed by atoms with Crippen molar-refractivity contribution in [1.29, 1.82) is 0 Å². The van der Waals surface area contributed by atoms with Gasteiger partial charge in [-0.05, 0) is 23.9 Å². The molecule has 1 fully saturated rings. The minimum atomic E-state index is -0.652. The maximum Gasteiger partial charge on any atom is 0.293 e. The number of imide groups is 1. The van der Waals surface area contributed by atoms with Crippen molar-refractivity contribution in [2.24, 2.45) is 0 Å². The molecule has 1 aromatic carbocycles. The molecule has 1 aliphatic rings. The van der Waals surface area contributed by atoms with Crippen molar-refractivity contribution in [2.75, 3.05) is 20.3 Å². The first-order valence-corrected chi connectivity index (χ1v) is 7.80. The summed E-state index contributed by atoms with van der Waals surface area (Å²) in [7, 11) is 1.46. The molecule has 0 radical (unpaired) electrons. The molecule has 2 rings (SSSR count). The Bertz CT molecular complexity index is 723. The molecule has 2 amide bonds. The highest BCUT2D eigenvalue weighted by Gasteiger charge is 2.34. The minimum absolute atomic E-state index is 0.106. The molecule has 1 aromatic rings. The molecule has 1 saturated heterocycles. The number of halogens is 2. The second-order valence-corrected chi connectivity index (χ2v) is 6.22. The summed E-state index contributed by atoms with van der Waals surface area (Å²) in [6.45, 7) is 0.353. The molecule has 7 nitrogen and oxygen atoms in total. The van der Waals surface area contributed by atoms with Gasteiger partial charge in [0.25, 0.3) is 16.8 Å². The van der Waals surface area contributed by atoms with Crippen LogP contribution >= 0.6 is 35.0 Å². The van der Waals surface area contributed by atoms with Crippen molar-refractivity contribution in [3.05, 3.63) is 42.8 Å². The maximum absolute atomic E-state index is 12.2. The molecule has 0 unspecified atom stereocenters. The second-order valence-electron chi connectivity index (χ2n) is 4.41. The molecule has 0 spiro atoms. The molecule has 0 atom stereocenters. The van der Waals surface area contributed by atoms with Crippen LogP contribution in [0, 0.1) is 10.1 Å². The number of thioether (sulfide) groups is 1. The van der Waals surface area contributed by atoms with Crippen molar-refractivity contribution in [2.45, 2.75) is 0 Å². The summed E-state index contributed by atoms with van der Waals surface area (Å²) in [5.74, 6) is -0.495. The first-order chi connectivity index (χ1) is 10.8. The summed E-state index contributed by atoms with van der Waals surface area (Å²) in [5.41, 5.74) is -0.0964. The lowest BCUT2D eigenvalue weighted by Gasteiger charge is -2.10. The SMILES string of the molecule is COCCN1C(=O)S/C(=C\c2cc([N+](=O)[O-])c(Cl)cc2Cl)C1=O. The second kappa shape index (κ2) is 7.31. The van der Waals surface area contributed by atoms with Crippen LogP contribution in [0.15, 0.2) is 17.0 Å². The van der Waals surface area contributed by atoms with Gasteiger partial charge in [0.15, 0.2) is 0 Å². The molecular weight excluding hydrogens is 367 g/mol. The lowest BCUT2D eigenvalue weighted by molar-refractivity contribution is -0.384. The molecule has 0 aliphatic carbocycles. The fourth-order valence-corrected chi connectivity index (χ4v) is 3.18. The lowest BCUT2D eigenvalue weighted by Crippen LogP contribution is -2.31. The summed E-state index contributed by atoms with van der Waals surface area (Å²) in [4.78, 5) is 35.4. The van der Waals surface area contributed by atoms with E-state index in [9.17, 15) is 19.7 Å². The number of nitro groups is 1. The number of hydrogen-bond donors (Lipinski definition) is 0. The van der Waals surface area contributed by atoms with Crippen LogP contribution in [0.1, 0.15) is 5.56 Å². The van der Waals surface area contributed by atoms with Gasteiger partial charge in [-0.3, -0.25) is 24.6 Å². The van der Waals surface area contributed by atoms with Gasteiger partial charge in [0.2, 0.25) is 0 Å². The van der Waals surface area contributed by atoms with E-state index in [-0.39, 0.29) is 39.4 Å². The van der Waals surface area contributed by atoms with Crippen LogP contribution in [0.25, 0.3) is 6.08 Å². The Labute approximate surface area is 145 Å². The Morgan fingerprint density at radius 2 is 2.04 bits per heavy atom. The van der Waals surface area contributed by atoms with Gasteiger partial charge in [-0.2, -0.15) is 0 Å². The van der Waals surface area contributed by atoms with E-state index >= 15 is 0 Å². The molecule has 1 heterocycles. The number of rotatable bonds is 5. The number of hydrogen-bond acceptors (Lipinski definition) is 6. The summed E-state index contributed by atoms with van der Waals surface area (Å²) >= 11 is 12.5. The monoisotopic (exact) mass is 376 g/mol. The van der Waals surface area contributed by atoms with Crippen molar-refractivity contribution in [3.63, 3.8) is 0 Å². The van der Waals surface area contributed by atoms with Crippen LogP contribution < -0.4 is 0 Å². The van der Waals surface area contributed by atoms with Crippen molar-refractivity contribution < 1.29 is 19.2 Å². The standard InChI is InChI=1S/C13H10Cl2N2O5S/c1-22-3-2-16-12(18)11(23-13(16)19)5-7-4-10(17(20)21)9(15)6-8(7)14/h4-6H,2-3H2,1H3/b11-5-. The fraction of sp³-hybridized carbons (Fsp3) is 0.231. The van der Waals surface area contributed by atoms with Gasteiger partial charge in [0.05, 0.1) is 23.0 Å². The quantitative estimate of drug-likeness (QED) is 0.443. The average Bonchev–Trinajstić information content (AvgIpc) is 2.74. The largest absolute Gasteiger partial charge is 0.383 e. The summed E-state index contributed by atoms with van der Waals surface area (Å²) in [5, 5.41) is 10.5. The summed E-state index contributed by atoms with van der Waals surface area (Å²) in [6.07, 6.45) is 1.34. The van der Waals surface area contributed by atoms with Gasteiger partial charge in [-0.1, -0.05) is 23.2 Å². The van der Waals surface area contributed by atoms with E-state index in [1.165, 1.54) is 19.3 Å². The molecule has 23 heavy (non-hydrogen) atoms. The van der Waals surface area contributed by atoms with E-state index in [2.05, 4.69) is 0 Å². The number of nitro benzene ring substituents is 1. The Morgan fingerprint density at radius 3 is 2.65 bits per heavy atom. The highest BCUT2D eigenvalue weighted by atomic mass is 35.5. The Kier molecular flexibility index (Phi) is 5.64. The highest BCUT2D eigenvalue weighted by Crippen LogP contribution is 2.36. The number of benzene rings is 1. The zero-order valence-corrected chi connectivity index (χ0v) is 14.1. The normalized spacial score (nSPS) is 16.5. The molecule has 10 heteroatoms. The van der Waals surface area contributed by atoms with Crippen LogP contribution in [-0.4, -0.2) is 41.2 Å². The zero-order chi connectivity index (χ0) is 17.1. The van der Waals surface area contributed by atoms with Crippen LogP contribution in [0.4, 0.5) is 10.5 Å². The van der Waals surface area contributed by atoms with Crippen molar-refractivity contribution in [3.8, 4) is 0 Å². The fourth-order valence-electron chi connectivity index (χ4n) is 1.82. The van der Waals surface area contributed by atoms with Crippen LogP contribution in [0.3, 0.4) is 0 Å². The van der Waals surface area contributed by atoms with Gasteiger partial charge in [-0.15, -0.1) is 0 Å². The first-order valence-electron chi connectivity index (χ1n) is 6.23. The molecule has 0 bridgehead atoms. The maximum atomic E-state index is 12.2. The van der Waals surface area contributed by atoms with Gasteiger partial charge in [-0.25, -0.2) is 0 Å². The highest BCUT2D eigenvalue weighted by molar-refractivity contribution is 8.18. The third-order valence-electron chi connectivity index (χ3n) is 2.94. The Balaban J connectivity index is 2.36. The van der Waals surface area contributed by atoms with Crippen LogP contribution in [0.2, 0.25) is 10.0 Å². The summed E-state index contributed by atoms with van der Waals surface area (Å²) in [6, 6.07) is 2.38. The van der Waals surface area contributed by atoms with E-state index in [1.54, 1.807) is 0 Å². The van der Waals surface area contributed by atoms with Crippen molar-refractivity contribution >= 4 is 57.9 Å². The Hall–Kier alpha value is -1.61. The zero-order valence-electron chi connectivity index (χ0n) is 11.7. The number of carbonyl (C=O) groups is 2. The predicted molar refractivity (Wildman–Crippen MR) is 87.7 cm³/mol. The van der Waals surface area contributed by atoms with Gasteiger partial charge >= 0.3 is 0 Å². The summed E-state index contributed by atoms with van der Waals surface area (Å²) < 4.78 is 4.84. The van der Waals surface area contributed by atoms with Gasteiger partial charge < -0.3 is 4.74 Å². The predicted octanol–water partition coefficient (Wildman–Crippen LogP) is 3.58. The van der Waals surface area contributed by atoms with E-state index in [0.717, 1.165) is 22.7 Å². The number of carbonyl (C=O) groups excluding carboxylic acids is 2. The van der Waals surface area contributed by atoms with E-state index < -0.39 is 16.1 Å². The molecule has 0 N–H and O–H groups in total. The third kappa shape index (κ3) is 3.84. The van der Waals surface area contributed by atoms with Gasteiger partial charge in [0, 0.05) is 23.8 Å². The number of methoxy groups -OCH3 is 1. The molecule has 122 valence electrons.